The minimum absolute atomic E-state index is 0.199. The van der Waals surface area contributed by atoms with E-state index in [0.717, 1.165) is 5.57 Å². The Morgan fingerprint density at radius 2 is 1.85 bits per heavy atom. The Kier molecular flexibility index (Phi) is 6.48. The van der Waals surface area contributed by atoms with Crippen molar-refractivity contribution in [3.63, 3.8) is 0 Å². The molecule has 1 saturated heterocycles. The van der Waals surface area contributed by atoms with Gasteiger partial charge in [0.05, 0.1) is 0 Å². The molecule has 1 fully saturated rings. The minimum atomic E-state index is -0.578. The molecule has 1 aliphatic rings. The normalized spacial score (nSPS) is 18.5. The van der Waals surface area contributed by atoms with E-state index in [1.165, 1.54) is 0 Å². The molecule has 5 nitrogen and oxygen atoms in total. The van der Waals surface area contributed by atoms with Crippen LogP contribution in [-0.4, -0.2) is 50.7 Å². The number of hydrogen-bond acceptors (Lipinski definition) is 4. The van der Waals surface area contributed by atoms with Crippen LogP contribution in [0.15, 0.2) is 37.0 Å². The Hall–Kier alpha value is -1.59. The molecule has 0 radical (unpaired) electrons. The number of hydrogen-bond donors (Lipinski definition) is 0. The number of carbonyl (C=O) groups excluding carboxylic acids is 1. The molecule has 0 aliphatic carbocycles. The molecule has 1 heterocycles. The Balaban J connectivity index is 2.45. The number of ether oxygens (including phenoxy) is 3. The predicted octanol–water partition coefficient (Wildman–Crippen LogP) is 2.51. The van der Waals surface area contributed by atoms with Crippen LogP contribution >= 0.6 is 0 Å². The molecular weight excluding hydrogens is 258 g/mol. The monoisotopic (exact) mass is 281 g/mol. The van der Waals surface area contributed by atoms with Crippen molar-refractivity contribution in [2.45, 2.75) is 18.6 Å². The number of methoxy groups -OCH3 is 2. The summed E-state index contributed by atoms with van der Waals surface area (Å²) in [5.41, 5.74) is 0.813. The molecule has 0 aromatic rings. The van der Waals surface area contributed by atoms with Gasteiger partial charge in [-0.1, -0.05) is 31.4 Å². The lowest BCUT2D eigenvalue weighted by Crippen LogP contribution is -2.48. The van der Waals surface area contributed by atoms with Gasteiger partial charge in [-0.2, -0.15) is 0 Å². The fourth-order valence-corrected chi connectivity index (χ4v) is 2.08. The average molecular weight is 281 g/mol. The van der Waals surface area contributed by atoms with E-state index in [4.69, 9.17) is 14.2 Å². The van der Waals surface area contributed by atoms with Crippen LogP contribution in [0.25, 0.3) is 0 Å². The summed E-state index contributed by atoms with van der Waals surface area (Å²) in [6.45, 7) is 8.55. The largest absolute Gasteiger partial charge is 0.445 e. The maximum Gasteiger partial charge on any atom is 0.410 e. The minimum Gasteiger partial charge on any atom is -0.445 e. The lowest BCUT2D eigenvalue weighted by molar-refractivity contribution is -0.227. The second-order valence-corrected chi connectivity index (χ2v) is 4.54. The van der Waals surface area contributed by atoms with Crippen LogP contribution in [0.3, 0.4) is 0 Å². The standard InChI is InChI=1S/C15H23NO4/c1-5-7-13(6-2)12-20-14(17)16-10-8-15(18-3,19-4)9-11-16/h5-7H,1-2,8-12H2,3-4H3/b13-7+. The van der Waals surface area contributed by atoms with E-state index in [0.29, 0.717) is 25.9 Å². The molecule has 0 atom stereocenters. The van der Waals surface area contributed by atoms with Crippen molar-refractivity contribution < 1.29 is 19.0 Å². The van der Waals surface area contributed by atoms with Gasteiger partial charge >= 0.3 is 6.09 Å². The molecule has 1 rings (SSSR count). The van der Waals surface area contributed by atoms with Gasteiger partial charge < -0.3 is 19.1 Å². The van der Waals surface area contributed by atoms with E-state index < -0.39 is 5.79 Å². The first-order valence-electron chi connectivity index (χ1n) is 6.57. The maximum atomic E-state index is 11.9. The van der Waals surface area contributed by atoms with Crippen LogP contribution in [0.2, 0.25) is 0 Å². The van der Waals surface area contributed by atoms with E-state index in [-0.39, 0.29) is 12.7 Å². The van der Waals surface area contributed by atoms with Gasteiger partial charge in [-0.05, 0) is 5.57 Å². The lowest BCUT2D eigenvalue weighted by atomic mass is 10.0. The highest BCUT2D eigenvalue weighted by molar-refractivity contribution is 5.68. The van der Waals surface area contributed by atoms with Crippen LogP contribution in [0.5, 0.6) is 0 Å². The van der Waals surface area contributed by atoms with Gasteiger partial charge in [-0.3, -0.25) is 0 Å². The number of amides is 1. The van der Waals surface area contributed by atoms with Gasteiger partial charge in [0, 0.05) is 40.2 Å². The Morgan fingerprint density at radius 3 is 2.30 bits per heavy atom. The fraction of sp³-hybridized carbons (Fsp3) is 0.533. The molecule has 1 amide bonds. The smallest absolute Gasteiger partial charge is 0.410 e. The summed E-state index contributed by atoms with van der Waals surface area (Å²) < 4.78 is 16.0. The van der Waals surface area contributed by atoms with Crippen molar-refractivity contribution in [3.05, 3.63) is 37.0 Å². The quantitative estimate of drug-likeness (QED) is 0.554. The summed E-state index contributed by atoms with van der Waals surface area (Å²) in [6.07, 6.45) is 5.97. The molecule has 5 heteroatoms. The first-order valence-corrected chi connectivity index (χ1v) is 6.57. The Morgan fingerprint density at radius 1 is 1.25 bits per heavy atom. The Labute approximate surface area is 120 Å². The number of carbonyl (C=O) groups is 1. The van der Waals surface area contributed by atoms with Gasteiger partial charge in [0.15, 0.2) is 5.79 Å². The summed E-state index contributed by atoms with van der Waals surface area (Å²) >= 11 is 0. The third-order valence-electron chi connectivity index (χ3n) is 3.48. The van der Waals surface area contributed by atoms with E-state index >= 15 is 0 Å². The van der Waals surface area contributed by atoms with Crippen molar-refractivity contribution >= 4 is 6.09 Å². The molecule has 0 saturated carbocycles. The first kappa shape index (κ1) is 16.5. The number of likely N-dealkylation sites (tertiary alicyclic amines) is 1. The predicted molar refractivity (Wildman–Crippen MR) is 77.4 cm³/mol. The molecule has 0 aromatic heterocycles. The number of rotatable bonds is 6. The van der Waals surface area contributed by atoms with Crippen molar-refractivity contribution in [1.29, 1.82) is 0 Å². The molecule has 112 valence electrons. The Bertz CT molecular complexity index is 375. The summed E-state index contributed by atoms with van der Waals surface area (Å²) in [5, 5.41) is 0. The highest BCUT2D eigenvalue weighted by Gasteiger charge is 2.36. The summed E-state index contributed by atoms with van der Waals surface area (Å²) in [4.78, 5) is 13.6. The highest BCUT2D eigenvalue weighted by atomic mass is 16.7. The SMILES string of the molecule is C=C/C=C(\C=C)COC(=O)N1CCC(OC)(OC)CC1. The molecule has 20 heavy (non-hydrogen) atoms. The zero-order valence-corrected chi connectivity index (χ0v) is 12.3. The van der Waals surface area contributed by atoms with Crippen LogP contribution in [0.4, 0.5) is 4.79 Å². The third-order valence-corrected chi connectivity index (χ3v) is 3.48. The van der Waals surface area contributed by atoms with Crippen molar-refractivity contribution in [1.82, 2.24) is 4.90 Å². The molecule has 0 N–H and O–H groups in total. The molecule has 0 unspecified atom stereocenters. The highest BCUT2D eigenvalue weighted by Crippen LogP contribution is 2.26. The molecule has 0 spiro atoms. The topological polar surface area (TPSA) is 48.0 Å². The summed E-state index contributed by atoms with van der Waals surface area (Å²) in [5.74, 6) is -0.578. The first-order chi connectivity index (χ1) is 9.60. The second kappa shape index (κ2) is 7.87. The van der Waals surface area contributed by atoms with E-state index in [1.54, 1.807) is 37.3 Å². The molecular formula is C15H23NO4. The van der Waals surface area contributed by atoms with Gasteiger partial charge in [0.25, 0.3) is 0 Å². The van der Waals surface area contributed by atoms with E-state index in [1.807, 2.05) is 0 Å². The van der Waals surface area contributed by atoms with Crippen LogP contribution < -0.4 is 0 Å². The van der Waals surface area contributed by atoms with Crippen LogP contribution in [-0.2, 0) is 14.2 Å². The third kappa shape index (κ3) is 4.21. The zero-order chi connectivity index (χ0) is 15.0. The van der Waals surface area contributed by atoms with Crippen molar-refractivity contribution in [2.75, 3.05) is 33.9 Å². The summed E-state index contributed by atoms with van der Waals surface area (Å²) in [6, 6.07) is 0. The van der Waals surface area contributed by atoms with Gasteiger partial charge in [-0.15, -0.1) is 0 Å². The van der Waals surface area contributed by atoms with Crippen LogP contribution in [0, 0.1) is 0 Å². The van der Waals surface area contributed by atoms with Gasteiger partial charge in [-0.25, -0.2) is 4.79 Å². The van der Waals surface area contributed by atoms with Crippen molar-refractivity contribution in [3.8, 4) is 0 Å². The number of nitrogens with zero attached hydrogens (tertiary/aromatic N) is 1. The fourth-order valence-electron chi connectivity index (χ4n) is 2.08. The number of allylic oxidation sites excluding steroid dienone is 2. The summed E-state index contributed by atoms with van der Waals surface area (Å²) in [7, 11) is 3.24. The average Bonchev–Trinajstić information content (AvgIpc) is 2.51. The van der Waals surface area contributed by atoms with Crippen LogP contribution in [0.1, 0.15) is 12.8 Å². The van der Waals surface area contributed by atoms with Gasteiger partial charge in [0.2, 0.25) is 0 Å². The second-order valence-electron chi connectivity index (χ2n) is 4.54. The zero-order valence-electron chi connectivity index (χ0n) is 12.3. The number of piperidine rings is 1. The van der Waals surface area contributed by atoms with E-state index in [9.17, 15) is 4.79 Å². The lowest BCUT2D eigenvalue weighted by Gasteiger charge is -2.39. The molecule has 1 aliphatic heterocycles. The van der Waals surface area contributed by atoms with Gasteiger partial charge in [0.1, 0.15) is 6.61 Å². The maximum absolute atomic E-state index is 11.9. The molecule has 0 bridgehead atoms. The van der Waals surface area contributed by atoms with E-state index in [2.05, 4.69) is 13.2 Å². The van der Waals surface area contributed by atoms with Crippen molar-refractivity contribution in [2.24, 2.45) is 0 Å². The molecule has 0 aromatic carbocycles.